The Balaban J connectivity index is 1.96. The van der Waals surface area contributed by atoms with E-state index in [2.05, 4.69) is 15.3 Å². The van der Waals surface area contributed by atoms with Crippen molar-refractivity contribution in [2.75, 3.05) is 0 Å². The topological polar surface area (TPSA) is 164 Å². The molecule has 1 aliphatic carbocycles. The highest BCUT2D eigenvalue weighted by Crippen LogP contribution is 2.26. The van der Waals surface area contributed by atoms with Crippen molar-refractivity contribution in [2.45, 2.75) is 38.3 Å². The Morgan fingerprint density at radius 1 is 1.23 bits per heavy atom. The lowest BCUT2D eigenvalue weighted by Crippen LogP contribution is -2.44. The highest BCUT2D eigenvalue weighted by molar-refractivity contribution is 5.80. The number of nitrogens with two attached hydrogens (primary N) is 1. The number of fused-ring (bicyclic) bond motifs is 1. The number of H-pyrrole nitrogens is 2. The molecule has 1 saturated carbocycles. The largest absolute Gasteiger partial charge is 0.369 e. The molecule has 10 nitrogen and oxygen atoms in total. The molecule has 138 valence electrons. The number of amides is 1. The van der Waals surface area contributed by atoms with Crippen molar-refractivity contribution in [2.24, 2.45) is 11.7 Å². The molecular formula is C16H19N5O5. The maximum atomic E-state index is 11.6. The number of primary amides is 1. The average molecular weight is 361 g/mol. The van der Waals surface area contributed by atoms with Crippen LogP contribution in [-0.4, -0.2) is 26.8 Å². The molecule has 3 rings (SSSR count). The summed E-state index contributed by atoms with van der Waals surface area (Å²) < 4.78 is 0. The molecule has 5 N–H and O–H groups in total. The van der Waals surface area contributed by atoms with Gasteiger partial charge in [0.05, 0.1) is 21.9 Å². The van der Waals surface area contributed by atoms with Crippen molar-refractivity contribution in [3.8, 4) is 0 Å². The third kappa shape index (κ3) is 3.49. The normalized spacial score (nSPS) is 20.2. The van der Waals surface area contributed by atoms with Crippen LogP contribution in [0.25, 0.3) is 11.0 Å². The molecule has 1 fully saturated rings. The van der Waals surface area contributed by atoms with E-state index in [9.17, 15) is 24.5 Å². The van der Waals surface area contributed by atoms with Crippen LogP contribution in [0.2, 0.25) is 0 Å². The van der Waals surface area contributed by atoms with Crippen LogP contribution in [-0.2, 0) is 11.3 Å². The first-order valence-corrected chi connectivity index (χ1v) is 8.33. The highest BCUT2D eigenvalue weighted by atomic mass is 16.6. The van der Waals surface area contributed by atoms with Gasteiger partial charge in [0, 0.05) is 24.7 Å². The minimum absolute atomic E-state index is 0.134. The van der Waals surface area contributed by atoms with Gasteiger partial charge in [0.1, 0.15) is 0 Å². The smallest absolute Gasteiger partial charge is 0.314 e. The van der Waals surface area contributed by atoms with Crippen molar-refractivity contribution in [1.29, 1.82) is 0 Å². The zero-order valence-electron chi connectivity index (χ0n) is 13.9. The number of hydrogen-bond acceptors (Lipinski definition) is 6. The fourth-order valence-corrected chi connectivity index (χ4v) is 3.48. The Bertz CT molecular complexity index is 979. The van der Waals surface area contributed by atoms with E-state index in [1.807, 2.05) is 0 Å². The van der Waals surface area contributed by atoms with Gasteiger partial charge in [0.15, 0.2) is 0 Å². The molecule has 1 aliphatic rings. The van der Waals surface area contributed by atoms with Gasteiger partial charge >= 0.3 is 11.1 Å². The Kier molecular flexibility index (Phi) is 4.85. The van der Waals surface area contributed by atoms with Crippen LogP contribution in [0.4, 0.5) is 5.69 Å². The Hall–Kier alpha value is -3.01. The zero-order chi connectivity index (χ0) is 18.8. The molecule has 1 aromatic carbocycles. The minimum Gasteiger partial charge on any atom is -0.369 e. The van der Waals surface area contributed by atoms with Crippen molar-refractivity contribution in [3.63, 3.8) is 0 Å². The fraction of sp³-hybridized carbons (Fsp3) is 0.438. The number of aromatic amines is 2. The molecule has 1 aromatic heterocycles. The summed E-state index contributed by atoms with van der Waals surface area (Å²) in [4.78, 5) is 50.2. The second-order valence-corrected chi connectivity index (χ2v) is 6.47. The van der Waals surface area contributed by atoms with Gasteiger partial charge in [-0.05, 0) is 18.4 Å². The van der Waals surface area contributed by atoms with Crippen LogP contribution in [0.5, 0.6) is 0 Å². The van der Waals surface area contributed by atoms with Crippen molar-refractivity contribution in [1.82, 2.24) is 15.3 Å². The molecule has 2 aromatic rings. The molecule has 10 heteroatoms. The second-order valence-electron chi connectivity index (χ2n) is 6.47. The van der Waals surface area contributed by atoms with Gasteiger partial charge in [-0.3, -0.25) is 24.5 Å². The summed E-state index contributed by atoms with van der Waals surface area (Å²) in [7, 11) is 0. The summed E-state index contributed by atoms with van der Waals surface area (Å²) >= 11 is 0. The number of non-ortho nitro benzene ring substituents is 1. The number of hydrogen-bond donors (Lipinski definition) is 4. The van der Waals surface area contributed by atoms with E-state index in [1.54, 1.807) is 0 Å². The third-order valence-corrected chi connectivity index (χ3v) is 4.79. The lowest BCUT2D eigenvalue weighted by Gasteiger charge is -2.30. The third-order valence-electron chi connectivity index (χ3n) is 4.79. The van der Waals surface area contributed by atoms with E-state index in [0.717, 1.165) is 19.3 Å². The lowest BCUT2D eigenvalue weighted by molar-refractivity contribution is -0.384. The molecule has 0 saturated heterocycles. The first-order valence-electron chi connectivity index (χ1n) is 8.33. The van der Waals surface area contributed by atoms with E-state index in [4.69, 9.17) is 5.73 Å². The molecular weight excluding hydrogens is 342 g/mol. The lowest BCUT2D eigenvalue weighted by atomic mass is 9.84. The standard InChI is InChI=1S/C16H19N5O5/c17-14(22)10-3-1-2-4-11(10)18-7-8-5-9(21(25)26)6-12-13(8)20-16(24)15(23)19-12/h5-6,10-11,18H,1-4,7H2,(H2,17,22)(H,19,23)(H,20,24)/t10-,11+/m0/s1. The van der Waals surface area contributed by atoms with E-state index in [-0.39, 0.29) is 35.6 Å². The van der Waals surface area contributed by atoms with Gasteiger partial charge in [0.2, 0.25) is 5.91 Å². The molecule has 1 amide bonds. The number of carbonyl (C=O) groups excluding carboxylic acids is 1. The van der Waals surface area contributed by atoms with Crippen LogP contribution in [0.1, 0.15) is 31.2 Å². The van der Waals surface area contributed by atoms with Crippen LogP contribution >= 0.6 is 0 Å². The summed E-state index contributed by atoms with van der Waals surface area (Å²) in [6.07, 6.45) is 3.36. The molecule has 0 bridgehead atoms. The Labute approximate surface area is 146 Å². The predicted molar refractivity (Wildman–Crippen MR) is 93.6 cm³/mol. The molecule has 0 aliphatic heterocycles. The number of carbonyl (C=O) groups is 1. The minimum atomic E-state index is -0.877. The zero-order valence-corrected chi connectivity index (χ0v) is 13.9. The summed E-state index contributed by atoms with van der Waals surface area (Å²) in [5.74, 6) is -0.670. The van der Waals surface area contributed by atoms with E-state index in [0.29, 0.717) is 17.5 Å². The van der Waals surface area contributed by atoms with Gasteiger partial charge in [0.25, 0.3) is 5.69 Å². The predicted octanol–water partition coefficient (Wildman–Crippen LogP) is 0.258. The van der Waals surface area contributed by atoms with Crippen molar-refractivity contribution < 1.29 is 9.72 Å². The van der Waals surface area contributed by atoms with Crippen LogP contribution in [0.3, 0.4) is 0 Å². The highest BCUT2D eigenvalue weighted by Gasteiger charge is 2.29. The van der Waals surface area contributed by atoms with E-state index < -0.39 is 16.0 Å². The van der Waals surface area contributed by atoms with Gasteiger partial charge in [-0.2, -0.15) is 0 Å². The van der Waals surface area contributed by atoms with Gasteiger partial charge in [-0.1, -0.05) is 12.8 Å². The quantitative estimate of drug-likeness (QED) is 0.339. The maximum absolute atomic E-state index is 11.6. The first-order chi connectivity index (χ1) is 12.4. The van der Waals surface area contributed by atoms with E-state index in [1.165, 1.54) is 12.1 Å². The number of nitrogens with one attached hydrogen (secondary N) is 3. The number of nitro benzene ring substituents is 1. The molecule has 2 atom stereocenters. The average Bonchev–Trinajstić information content (AvgIpc) is 2.60. The van der Waals surface area contributed by atoms with Crippen LogP contribution in [0.15, 0.2) is 21.7 Å². The number of nitro groups is 1. The summed E-state index contributed by atoms with van der Waals surface area (Å²) in [6, 6.07) is 2.40. The summed E-state index contributed by atoms with van der Waals surface area (Å²) in [5, 5.41) is 14.4. The van der Waals surface area contributed by atoms with Crippen LogP contribution in [0, 0.1) is 16.0 Å². The summed E-state index contributed by atoms with van der Waals surface area (Å²) in [5.41, 5.74) is 4.50. The maximum Gasteiger partial charge on any atom is 0.314 e. The Morgan fingerprint density at radius 3 is 2.62 bits per heavy atom. The number of aromatic nitrogens is 2. The van der Waals surface area contributed by atoms with Gasteiger partial charge in [-0.15, -0.1) is 0 Å². The Morgan fingerprint density at radius 2 is 1.92 bits per heavy atom. The summed E-state index contributed by atoms with van der Waals surface area (Å²) in [6.45, 7) is 0.189. The molecule has 0 radical (unpaired) electrons. The number of benzene rings is 1. The van der Waals surface area contributed by atoms with Crippen molar-refractivity contribution in [3.05, 3.63) is 48.5 Å². The van der Waals surface area contributed by atoms with Gasteiger partial charge < -0.3 is 21.0 Å². The molecule has 26 heavy (non-hydrogen) atoms. The molecule has 1 heterocycles. The monoisotopic (exact) mass is 361 g/mol. The SMILES string of the molecule is NC(=O)[C@H]1CCCC[C@H]1NCc1cc([N+](=O)[O-])cc2[nH]c(=O)c(=O)[nH]c12. The number of nitrogens with zero attached hydrogens (tertiary/aromatic N) is 1. The van der Waals surface area contributed by atoms with Crippen LogP contribution < -0.4 is 22.2 Å². The molecule has 0 unspecified atom stereocenters. The molecule has 0 spiro atoms. The van der Waals surface area contributed by atoms with Crippen molar-refractivity contribution >= 4 is 22.6 Å². The van der Waals surface area contributed by atoms with Gasteiger partial charge in [-0.25, -0.2) is 0 Å². The first kappa shape index (κ1) is 17.8. The van der Waals surface area contributed by atoms with E-state index >= 15 is 0 Å². The second kappa shape index (κ2) is 7.08. The fourth-order valence-electron chi connectivity index (χ4n) is 3.48. The number of rotatable bonds is 5.